The Labute approximate surface area is 126 Å². The molecule has 1 aromatic heterocycles. The minimum atomic E-state index is -0.393. The van der Waals surface area contributed by atoms with Crippen LogP contribution in [0, 0.1) is 5.82 Å². The van der Waals surface area contributed by atoms with Gasteiger partial charge in [0.25, 0.3) is 5.91 Å². The predicted molar refractivity (Wildman–Crippen MR) is 80.9 cm³/mol. The molecule has 0 spiro atoms. The summed E-state index contributed by atoms with van der Waals surface area (Å²) in [7, 11) is 0. The number of amides is 2. The molecule has 110 valence electrons. The first-order valence-electron chi connectivity index (χ1n) is 6.51. The van der Waals surface area contributed by atoms with E-state index in [-0.39, 0.29) is 18.2 Å². The van der Waals surface area contributed by atoms with E-state index in [1.54, 1.807) is 17.5 Å². The van der Waals surface area contributed by atoms with Crippen molar-refractivity contribution in [1.82, 2.24) is 5.32 Å². The molecule has 21 heavy (non-hydrogen) atoms. The Balaban J connectivity index is 1.67. The number of benzene rings is 1. The predicted octanol–water partition coefficient (Wildman–Crippen LogP) is 3.04. The molecule has 0 saturated heterocycles. The molecule has 0 aliphatic rings. The molecule has 0 aliphatic heterocycles. The van der Waals surface area contributed by atoms with Gasteiger partial charge in [0.2, 0.25) is 5.91 Å². The molecule has 0 fully saturated rings. The van der Waals surface area contributed by atoms with Gasteiger partial charge in [-0.15, -0.1) is 0 Å². The lowest BCUT2D eigenvalue weighted by molar-refractivity contribution is -0.116. The third-order valence-electron chi connectivity index (χ3n) is 2.76. The van der Waals surface area contributed by atoms with Gasteiger partial charge in [0.05, 0.1) is 0 Å². The second-order valence-corrected chi connectivity index (χ2v) is 5.21. The van der Waals surface area contributed by atoms with E-state index >= 15 is 0 Å². The SMILES string of the molecule is O=C(CCCNC(=O)c1ccsc1)Nc1cccc(F)c1. The fourth-order valence-corrected chi connectivity index (χ4v) is 2.37. The topological polar surface area (TPSA) is 58.2 Å². The summed E-state index contributed by atoms with van der Waals surface area (Å²) in [5.74, 6) is -0.733. The summed E-state index contributed by atoms with van der Waals surface area (Å²) in [6, 6.07) is 7.48. The Morgan fingerprint density at radius 2 is 2.10 bits per heavy atom. The van der Waals surface area contributed by atoms with Crippen molar-refractivity contribution in [1.29, 1.82) is 0 Å². The second kappa shape index (κ2) is 7.54. The van der Waals surface area contributed by atoms with Crippen LogP contribution in [0.1, 0.15) is 23.2 Å². The van der Waals surface area contributed by atoms with E-state index in [4.69, 9.17) is 0 Å². The highest BCUT2D eigenvalue weighted by molar-refractivity contribution is 7.08. The van der Waals surface area contributed by atoms with Crippen molar-refractivity contribution in [3.05, 3.63) is 52.5 Å². The van der Waals surface area contributed by atoms with Crippen molar-refractivity contribution < 1.29 is 14.0 Å². The van der Waals surface area contributed by atoms with E-state index in [1.807, 2.05) is 5.38 Å². The van der Waals surface area contributed by atoms with Crippen LogP contribution in [0.3, 0.4) is 0 Å². The Morgan fingerprint density at radius 3 is 2.81 bits per heavy atom. The smallest absolute Gasteiger partial charge is 0.252 e. The van der Waals surface area contributed by atoms with Gasteiger partial charge in [-0.25, -0.2) is 4.39 Å². The normalized spacial score (nSPS) is 10.1. The van der Waals surface area contributed by atoms with Gasteiger partial charge < -0.3 is 10.6 Å². The maximum Gasteiger partial charge on any atom is 0.252 e. The molecule has 0 saturated carbocycles. The number of nitrogens with one attached hydrogen (secondary N) is 2. The van der Waals surface area contributed by atoms with E-state index in [1.165, 1.54) is 29.5 Å². The Morgan fingerprint density at radius 1 is 1.24 bits per heavy atom. The van der Waals surface area contributed by atoms with Crippen LogP contribution in [0.4, 0.5) is 10.1 Å². The van der Waals surface area contributed by atoms with E-state index in [0.29, 0.717) is 24.2 Å². The van der Waals surface area contributed by atoms with Gasteiger partial charge in [-0.2, -0.15) is 11.3 Å². The van der Waals surface area contributed by atoms with Gasteiger partial charge in [-0.1, -0.05) is 6.07 Å². The lowest BCUT2D eigenvalue weighted by atomic mass is 10.2. The molecule has 0 unspecified atom stereocenters. The summed E-state index contributed by atoms with van der Waals surface area (Å²) in [6.45, 7) is 0.422. The molecule has 0 bridgehead atoms. The second-order valence-electron chi connectivity index (χ2n) is 4.43. The van der Waals surface area contributed by atoms with Gasteiger partial charge in [0.1, 0.15) is 5.82 Å². The Bertz CT molecular complexity index is 614. The fraction of sp³-hybridized carbons (Fsp3) is 0.200. The van der Waals surface area contributed by atoms with Crippen molar-refractivity contribution in [3.63, 3.8) is 0 Å². The quantitative estimate of drug-likeness (QED) is 0.806. The number of halogens is 1. The van der Waals surface area contributed by atoms with E-state index in [0.717, 1.165) is 0 Å². The zero-order valence-electron chi connectivity index (χ0n) is 11.3. The first-order valence-corrected chi connectivity index (χ1v) is 7.45. The molecular formula is C15H15FN2O2S. The fourth-order valence-electron chi connectivity index (χ4n) is 1.74. The zero-order chi connectivity index (χ0) is 15.1. The van der Waals surface area contributed by atoms with Crippen LogP contribution in [0.5, 0.6) is 0 Å². The first kappa shape index (κ1) is 15.2. The third-order valence-corrected chi connectivity index (χ3v) is 3.44. The molecule has 2 aromatic rings. The average Bonchev–Trinajstić information content (AvgIpc) is 2.97. The minimum Gasteiger partial charge on any atom is -0.352 e. The van der Waals surface area contributed by atoms with Crippen molar-refractivity contribution in [3.8, 4) is 0 Å². The van der Waals surface area contributed by atoms with Crippen molar-refractivity contribution in [2.45, 2.75) is 12.8 Å². The van der Waals surface area contributed by atoms with Crippen LogP contribution in [0.15, 0.2) is 41.1 Å². The Hall–Kier alpha value is -2.21. The van der Waals surface area contributed by atoms with Gasteiger partial charge in [-0.05, 0) is 36.1 Å². The van der Waals surface area contributed by atoms with Crippen LogP contribution in [0.2, 0.25) is 0 Å². The largest absolute Gasteiger partial charge is 0.352 e. The molecule has 2 amide bonds. The number of hydrogen-bond donors (Lipinski definition) is 2. The summed E-state index contributed by atoms with van der Waals surface area (Å²) in [4.78, 5) is 23.3. The zero-order valence-corrected chi connectivity index (χ0v) is 12.1. The summed E-state index contributed by atoms with van der Waals surface area (Å²) < 4.78 is 12.9. The monoisotopic (exact) mass is 306 g/mol. The highest BCUT2D eigenvalue weighted by Gasteiger charge is 2.06. The number of carbonyl (C=O) groups excluding carboxylic acids is 2. The van der Waals surface area contributed by atoms with Crippen molar-refractivity contribution in [2.75, 3.05) is 11.9 Å². The lowest BCUT2D eigenvalue weighted by Crippen LogP contribution is -2.25. The number of carbonyl (C=O) groups is 2. The highest BCUT2D eigenvalue weighted by Crippen LogP contribution is 2.09. The summed E-state index contributed by atoms with van der Waals surface area (Å²) in [5, 5.41) is 8.95. The molecule has 1 heterocycles. The average molecular weight is 306 g/mol. The van der Waals surface area contributed by atoms with Gasteiger partial charge in [0, 0.05) is 29.6 Å². The molecule has 2 N–H and O–H groups in total. The lowest BCUT2D eigenvalue weighted by Gasteiger charge is -2.06. The highest BCUT2D eigenvalue weighted by atomic mass is 32.1. The number of rotatable bonds is 6. The van der Waals surface area contributed by atoms with Crippen LogP contribution < -0.4 is 10.6 Å². The molecule has 2 rings (SSSR count). The molecule has 4 nitrogen and oxygen atoms in total. The number of hydrogen-bond acceptors (Lipinski definition) is 3. The summed E-state index contributed by atoms with van der Waals surface area (Å²) in [6.07, 6.45) is 0.789. The molecule has 6 heteroatoms. The van der Waals surface area contributed by atoms with Crippen LogP contribution >= 0.6 is 11.3 Å². The minimum absolute atomic E-state index is 0.137. The van der Waals surface area contributed by atoms with Gasteiger partial charge in [-0.3, -0.25) is 9.59 Å². The maximum atomic E-state index is 12.9. The summed E-state index contributed by atoms with van der Waals surface area (Å²) in [5.41, 5.74) is 1.06. The molecular weight excluding hydrogens is 291 g/mol. The van der Waals surface area contributed by atoms with Crippen LogP contribution in [-0.4, -0.2) is 18.4 Å². The maximum absolute atomic E-state index is 12.9. The van der Waals surface area contributed by atoms with Crippen molar-refractivity contribution >= 4 is 28.8 Å². The van der Waals surface area contributed by atoms with Crippen LogP contribution in [0.25, 0.3) is 0 Å². The third kappa shape index (κ3) is 5.00. The van der Waals surface area contributed by atoms with Crippen LogP contribution in [-0.2, 0) is 4.79 Å². The van der Waals surface area contributed by atoms with Gasteiger partial charge in [0.15, 0.2) is 0 Å². The first-order chi connectivity index (χ1) is 10.1. The van der Waals surface area contributed by atoms with Gasteiger partial charge >= 0.3 is 0 Å². The number of thiophene rings is 1. The van der Waals surface area contributed by atoms with E-state index in [2.05, 4.69) is 10.6 Å². The standard InChI is InChI=1S/C15H15FN2O2S/c16-12-3-1-4-13(9-12)18-14(19)5-2-7-17-15(20)11-6-8-21-10-11/h1,3-4,6,8-10H,2,5,7H2,(H,17,20)(H,18,19). The molecule has 0 atom stereocenters. The number of anilines is 1. The molecule has 0 radical (unpaired) electrons. The molecule has 0 aliphatic carbocycles. The van der Waals surface area contributed by atoms with E-state index < -0.39 is 5.82 Å². The summed E-state index contributed by atoms with van der Waals surface area (Å²) >= 11 is 1.46. The van der Waals surface area contributed by atoms with E-state index in [9.17, 15) is 14.0 Å². The van der Waals surface area contributed by atoms with Crippen molar-refractivity contribution in [2.24, 2.45) is 0 Å². The Kier molecular flexibility index (Phi) is 5.45. The molecule has 1 aromatic carbocycles.